The van der Waals surface area contributed by atoms with Crippen LogP contribution in [0.1, 0.15) is 36.8 Å². The van der Waals surface area contributed by atoms with Crippen molar-refractivity contribution >= 4 is 0 Å². The summed E-state index contributed by atoms with van der Waals surface area (Å²) in [5, 5.41) is 12.8. The normalized spacial score (nSPS) is 17.3. The van der Waals surface area contributed by atoms with Crippen LogP contribution >= 0.6 is 0 Å². The van der Waals surface area contributed by atoms with E-state index in [1.165, 1.54) is 11.1 Å². The topological polar surface area (TPSA) is 54.6 Å². The third-order valence-corrected chi connectivity index (χ3v) is 3.75. The van der Waals surface area contributed by atoms with E-state index in [2.05, 4.69) is 31.3 Å². The van der Waals surface area contributed by atoms with Gasteiger partial charge >= 0.3 is 0 Å². The number of hydrogen-bond donors (Lipinski definition) is 2. The van der Waals surface area contributed by atoms with Gasteiger partial charge in [-0.2, -0.15) is 0 Å². The van der Waals surface area contributed by atoms with Crippen LogP contribution in [0.2, 0.25) is 0 Å². The average molecular weight is 287 g/mol. The second kappa shape index (κ2) is 5.54. The van der Waals surface area contributed by atoms with Crippen LogP contribution in [-0.4, -0.2) is 17.3 Å². The van der Waals surface area contributed by atoms with E-state index in [0.29, 0.717) is 6.54 Å². The molecule has 1 unspecified atom stereocenters. The first-order chi connectivity index (χ1) is 10.1. The molecule has 2 N–H and O–H groups in total. The van der Waals surface area contributed by atoms with E-state index < -0.39 is 0 Å². The Morgan fingerprint density at radius 1 is 1.33 bits per heavy atom. The van der Waals surface area contributed by atoms with Crippen molar-refractivity contribution in [2.75, 3.05) is 6.61 Å². The number of nitrogens with one attached hydrogen (secondary N) is 1. The molecule has 4 nitrogen and oxygen atoms in total. The quantitative estimate of drug-likeness (QED) is 0.888. The molecule has 4 heteroatoms. The Balaban J connectivity index is 1.67. The Morgan fingerprint density at radius 3 is 2.90 bits per heavy atom. The molecule has 0 radical (unpaired) electrons. The van der Waals surface area contributed by atoms with Crippen molar-refractivity contribution < 1.29 is 14.3 Å². The minimum absolute atomic E-state index is 0.00853. The minimum atomic E-state index is -0.180. The van der Waals surface area contributed by atoms with Crippen LogP contribution in [0.3, 0.4) is 0 Å². The highest BCUT2D eigenvalue weighted by Gasteiger charge is 2.29. The molecule has 0 amide bonds. The van der Waals surface area contributed by atoms with E-state index in [0.717, 1.165) is 17.9 Å². The first-order valence-electron chi connectivity index (χ1n) is 7.26. The molecule has 0 fully saturated rings. The summed E-state index contributed by atoms with van der Waals surface area (Å²) in [6, 6.07) is 9.78. The molecule has 0 bridgehead atoms. The lowest BCUT2D eigenvalue weighted by Gasteiger charge is -2.16. The molecular formula is C17H21NO3. The van der Waals surface area contributed by atoms with Crippen molar-refractivity contribution in [1.29, 1.82) is 0 Å². The number of benzene rings is 1. The SMILES string of the molecule is CC1(C)Cc2cc(CNC(CO)c3ccco3)ccc2O1. The zero-order chi connectivity index (χ0) is 14.9. The lowest BCUT2D eigenvalue weighted by molar-refractivity contribution is 0.138. The van der Waals surface area contributed by atoms with Gasteiger partial charge in [0.05, 0.1) is 18.9 Å². The molecule has 1 aliphatic rings. The third-order valence-electron chi connectivity index (χ3n) is 3.75. The van der Waals surface area contributed by atoms with Crippen molar-refractivity contribution in [2.45, 2.75) is 38.5 Å². The van der Waals surface area contributed by atoms with E-state index in [-0.39, 0.29) is 18.2 Å². The Hall–Kier alpha value is -1.78. The molecule has 21 heavy (non-hydrogen) atoms. The highest BCUT2D eigenvalue weighted by atomic mass is 16.5. The van der Waals surface area contributed by atoms with Gasteiger partial charge in [0.2, 0.25) is 0 Å². The van der Waals surface area contributed by atoms with Gasteiger partial charge in [-0.3, -0.25) is 0 Å². The van der Waals surface area contributed by atoms with Crippen LogP contribution < -0.4 is 10.1 Å². The number of aliphatic hydroxyl groups is 1. The third kappa shape index (κ3) is 3.12. The van der Waals surface area contributed by atoms with E-state index >= 15 is 0 Å². The maximum absolute atomic E-state index is 9.46. The predicted molar refractivity (Wildman–Crippen MR) is 80.2 cm³/mol. The Bertz CT molecular complexity index is 605. The Labute approximate surface area is 124 Å². The minimum Gasteiger partial charge on any atom is -0.487 e. The van der Waals surface area contributed by atoms with E-state index in [9.17, 15) is 5.11 Å². The molecule has 0 saturated carbocycles. The van der Waals surface area contributed by atoms with Gasteiger partial charge < -0.3 is 19.6 Å². The van der Waals surface area contributed by atoms with Gasteiger partial charge in [0.1, 0.15) is 17.1 Å². The zero-order valence-electron chi connectivity index (χ0n) is 12.4. The standard InChI is InChI=1S/C17H21NO3/c1-17(2)9-13-8-12(5-6-15(13)21-17)10-18-14(11-19)16-4-3-7-20-16/h3-8,14,18-19H,9-11H2,1-2H3. The maximum atomic E-state index is 9.46. The number of fused-ring (bicyclic) bond motifs is 1. The molecule has 0 aliphatic carbocycles. The molecule has 0 saturated heterocycles. The van der Waals surface area contributed by atoms with Gasteiger partial charge in [-0.1, -0.05) is 12.1 Å². The van der Waals surface area contributed by atoms with Gasteiger partial charge in [-0.15, -0.1) is 0 Å². The lowest BCUT2D eigenvalue weighted by Crippen LogP contribution is -2.24. The molecule has 3 rings (SSSR count). The first-order valence-corrected chi connectivity index (χ1v) is 7.26. The summed E-state index contributed by atoms with van der Waals surface area (Å²) < 4.78 is 11.2. The van der Waals surface area contributed by atoms with Gasteiger partial charge in [-0.05, 0) is 43.2 Å². The molecule has 2 heterocycles. The van der Waals surface area contributed by atoms with E-state index in [4.69, 9.17) is 9.15 Å². The predicted octanol–water partition coefficient (Wildman–Crippen LogP) is 2.82. The van der Waals surface area contributed by atoms with Crippen LogP contribution in [0.25, 0.3) is 0 Å². The number of furan rings is 1. The van der Waals surface area contributed by atoms with Crippen molar-refractivity contribution in [2.24, 2.45) is 0 Å². The fourth-order valence-electron chi connectivity index (χ4n) is 2.76. The van der Waals surface area contributed by atoms with Gasteiger partial charge in [0, 0.05) is 13.0 Å². The Kier molecular flexibility index (Phi) is 3.74. The second-order valence-corrected chi connectivity index (χ2v) is 6.11. The van der Waals surface area contributed by atoms with E-state index in [1.807, 2.05) is 18.2 Å². The summed E-state index contributed by atoms with van der Waals surface area (Å²) >= 11 is 0. The van der Waals surface area contributed by atoms with Crippen LogP contribution in [0.5, 0.6) is 5.75 Å². The zero-order valence-corrected chi connectivity index (χ0v) is 12.4. The van der Waals surface area contributed by atoms with Gasteiger partial charge in [-0.25, -0.2) is 0 Å². The number of rotatable bonds is 5. The van der Waals surface area contributed by atoms with Gasteiger partial charge in [0.25, 0.3) is 0 Å². The van der Waals surface area contributed by atoms with E-state index in [1.54, 1.807) is 6.26 Å². The largest absolute Gasteiger partial charge is 0.487 e. The molecule has 1 aromatic heterocycles. The van der Waals surface area contributed by atoms with Crippen molar-refractivity contribution in [3.63, 3.8) is 0 Å². The Morgan fingerprint density at radius 2 is 2.19 bits per heavy atom. The van der Waals surface area contributed by atoms with Crippen LogP contribution in [-0.2, 0) is 13.0 Å². The smallest absolute Gasteiger partial charge is 0.123 e. The molecule has 1 aromatic carbocycles. The van der Waals surface area contributed by atoms with Gasteiger partial charge in [0.15, 0.2) is 0 Å². The molecule has 112 valence electrons. The first kappa shape index (κ1) is 14.2. The molecule has 0 spiro atoms. The molecule has 1 atom stereocenters. The highest BCUT2D eigenvalue weighted by molar-refractivity contribution is 5.41. The van der Waals surface area contributed by atoms with Crippen LogP contribution in [0.4, 0.5) is 0 Å². The summed E-state index contributed by atoms with van der Waals surface area (Å²) in [7, 11) is 0. The summed E-state index contributed by atoms with van der Waals surface area (Å²) in [4.78, 5) is 0. The summed E-state index contributed by atoms with van der Waals surface area (Å²) in [5.41, 5.74) is 2.31. The van der Waals surface area contributed by atoms with Crippen molar-refractivity contribution in [1.82, 2.24) is 5.32 Å². The summed E-state index contributed by atoms with van der Waals surface area (Å²) in [6.45, 7) is 4.89. The molecule has 2 aromatic rings. The maximum Gasteiger partial charge on any atom is 0.123 e. The monoisotopic (exact) mass is 287 g/mol. The second-order valence-electron chi connectivity index (χ2n) is 6.11. The number of hydrogen-bond acceptors (Lipinski definition) is 4. The fourth-order valence-corrected chi connectivity index (χ4v) is 2.76. The number of aliphatic hydroxyl groups excluding tert-OH is 1. The van der Waals surface area contributed by atoms with Crippen LogP contribution in [0.15, 0.2) is 41.0 Å². The molecule has 1 aliphatic heterocycles. The average Bonchev–Trinajstić information content (AvgIpc) is 3.05. The van der Waals surface area contributed by atoms with Crippen LogP contribution in [0, 0.1) is 0 Å². The van der Waals surface area contributed by atoms with Crippen molar-refractivity contribution in [3.05, 3.63) is 53.5 Å². The molecular weight excluding hydrogens is 266 g/mol. The lowest BCUT2D eigenvalue weighted by atomic mass is 10.00. The highest BCUT2D eigenvalue weighted by Crippen LogP contribution is 2.35. The van der Waals surface area contributed by atoms with Crippen molar-refractivity contribution in [3.8, 4) is 5.75 Å². The summed E-state index contributed by atoms with van der Waals surface area (Å²) in [5.74, 6) is 1.73. The fraction of sp³-hybridized carbons (Fsp3) is 0.412. The number of ether oxygens (including phenoxy) is 1. The summed E-state index contributed by atoms with van der Waals surface area (Å²) in [6.07, 6.45) is 2.55.